The van der Waals surface area contributed by atoms with E-state index in [4.69, 9.17) is 10.5 Å². The number of nitrogens with zero attached hydrogens (tertiary/aromatic N) is 5. The maximum atomic E-state index is 12.8. The zero-order valence-electron chi connectivity index (χ0n) is 20.2. The second-order valence-corrected chi connectivity index (χ2v) is 9.67. The maximum absolute atomic E-state index is 12.8. The Bertz CT molecular complexity index is 1110. The molecule has 3 N–H and O–H groups in total. The van der Waals surface area contributed by atoms with E-state index in [1.807, 2.05) is 13.1 Å². The van der Waals surface area contributed by atoms with E-state index in [1.54, 1.807) is 11.1 Å². The van der Waals surface area contributed by atoms with E-state index < -0.39 is 0 Å². The number of carbonyl (C=O) groups is 1. The molecule has 0 saturated carbocycles. The van der Waals surface area contributed by atoms with Gasteiger partial charge in [0, 0.05) is 50.5 Å². The van der Waals surface area contributed by atoms with Crippen LogP contribution in [0.4, 0.5) is 5.95 Å². The number of ether oxygens (including phenoxy) is 1. The molecule has 2 aliphatic heterocycles. The molecule has 5 rings (SSSR count). The van der Waals surface area contributed by atoms with Crippen LogP contribution in [0.5, 0.6) is 0 Å². The van der Waals surface area contributed by atoms with Crippen LogP contribution in [0.2, 0.25) is 0 Å². The fraction of sp³-hybridized carbons (Fsp3) is 0.500. The number of aromatic nitrogens is 2. The Kier molecular flexibility index (Phi) is 7.15. The highest BCUT2D eigenvalue weighted by Crippen LogP contribution is 2.27. The Morgan fingerprint density at radius 3 is 2.83 bits per heavy atom. The molecule has 184 valence electrons. The molecule has 1 aliphatic carbocycles. The summed E-state index contributed by atoms with van der Waals surface area (Å²) in [6, 6.07) is 8.64. The molecular weight excluding hydrogens is 442 g/mol. The quantitative estimate of drug-likeness (QED) is 0.604. The molecule has 0 saturated heterocycles. The fourth-order valence-electron chi connectivity index (χ4n) is 4.86. The van der Waals surface area contributed by atoms with Crippen molar-refractivity contribution in [1.82, 2.24) is 14.9 Å². The number of fused-ring (bicyclic) bond motifs is 2. The third kappa shape index (κ3) is 5.91. The Morgan fingerprint density at radius 1 is 1.23 bits per heavy atom. The normalized spacial score (nSPS) is 20.2. The Morgan fingerprint density at radius 2 is 2.03 bits per heavy atom. The highest BCUT2D eigenvalue weighted by molar-refractivity contribution is 6.30. The van der Waals surface area contributed by atoms with Crippen molar-refractivity contribution in [2.75, 3.05) is 25.0 Å². The molecule has 3 aliphatic rings. The van der Waals surface area contributed by atoms with Crippen LogP contribution in [-0.4, -0.2) is 64.7 Å². The summed E-state index contributed by atoms with van der Waals surface area (Å²) in [6.07, 6.45) is 6.76. The Labute approximate surface area is 205 Å². The van der Waals surface area contributed by atoms with Crippen molar-refractivity contribution in [3.8, 4) is 0 Å². The molecule has 1 aromatic heterocycles. The number of rotatable bonds is 8. The second-order valence-electron chi connectivity index (χ2n) is 9.67. The summed E-state index contributed by atoms with van der Waals surface area (Å²) in [5, 5.41) is 3.40. The Hall–Kier alpha value is -3.17. The number of nitrogens with one attached hydrogen (secondary N) is 1. The Balaban J connectivity index is 1.07. The van der Waals surface area contributed by atoms with Crippen LogP contribution in [0.3, 0.4) is 0 Å². The average Bonchev–Trinajstić information content (AvgIpc) is 3.42. The number of carbonyl (C=O) groups excluding carboxylic acids is 1. The van der Waals surface area contributed by atoms with Crippen molar-refractivity contribution < 1.29 is 9.53 Å². The molecule has 2 aromatic rings. The van der Waals surface area contributed by atoms with E-state index in [0.29, 0.717) is 37.9 Å². The molecule has 9 nitrogen and oxygen atoms in total. The van der Waals surface area contributed by atoms with Gasteiger partial charge in [0.1, 0.15) is 6.61 Å². The molecule has 2 atom stereocenters. The SMILES string of the molecule is CC(CC1=NCCC(N)N=C1)OCC(=O)N1Cc2cnc(NCC3Cc4ccccc4C3)nc2C1. The van der Waals surface area contributed by atoms with Gasteiger partial charge in [0.05, 0.1) is 30.2 Å². The summed E-state index contributed by atoms with van der Waals surface area (Å²) < 4.78 is 5.82. The molecule has 9 heteroatoms. The minimum atomic E-state index is -0.190. The molecule has 0 spiro atoms. The topological polar surface area (TPSA) is 118 Å². The lowest BCUT2D eigenvalue weighted by Gasteiger charge is -2.17. The van der Waals surface area contributed by atoms with Gasteiger partial charge in [0.15, 0.2) is 0 Å². The number of anilines is 1. The first-order valence-electron chi connectivity index (χ1n) is 12.4. The summed E-state index contributed by atoms with van der Waals surface area (Å²) in [5.74, 6) is 1.13. The van der Waals surface area contributed by atoms with Gasteiger partial charge < -0.3 is 20.7 Å². The van der Waals surface area contributed by atoms with Crippen molar-refractivity contribution in [3.63, 3.8) is 0 Å². The standard InChI is InChI=1S/C26H33N7O2/c1-17(8-22-13-29-24(27)6-7-28-22)35-16-25(34)33-14-21-12-31-26(32-23(21)15-33)30-11-18-9-19-4-2-3-5-20(19)10-18/h2-5,12-13,17-18,24H,6-11,14-16,27H2,1H3,(H,30,31,32). The predicted octanol–water partition coefficient (Wildman–Crippen LogP) is 2.14. The summed E-state index contributed by atoms with van der Waals surface area (Å²) in [5.41, 5.74) is 11.5. The lowest BCUT2D eigenvalue weighted by molar-refractivity contribution is -0.138. The smallest absolute Gasteiger partial charge is 0.249 e. The molecule has 3 heterocycles. The summed E-state index contributed by atoms with van der Waals surface area (Å²) >= 11 is 0. The van der Waals surface area contributed by atoms with Crippen molar-refractivity contribution >= 4 is 23.8 Å². The first-order chi connectivity index (χ1) is 17.0. The van der Waals surface area contributed by atoms with E-state index in [9.17, 15) is 4.79 Å². The van der Waals surface area contributed by atoms with Crippen molar-refractivity contribution in [1.29, 1.82) is 0 Å². The van der Waals surface area contributed by atoms with Gasteiger partial charge in [-0.3, -0.25) is 14.8 Å². The summed E-state index contributed by atoms with van der Waals surface area (Å²) in [7, 11) is 0. The fourth-order valence-corrected chi connectivity index (χ4v) is 4.86. The van der Waals surface area contributed by atoms with E-state index >= 15 is 0 Å². The zero-order valence-corrected chi connectivity index (χ0v) is 20.2. The molecule has 0 fully saturated rings. The maximum Gasteiger partial charge on any atom is 0.249 e. The van der Waals surface area contributed by atoms with Crippen molar-refractivity contribution in [3.05, 3.63) is 52.8 Å². The molecular formula is C26H33N7O2. The van der Waals surface area contributed by atoms with Gasteiger partial charge in [0.2, 0.25) is 11.9 Å². The second kappa shape index (κ2) is 10.6. The van der Waals surface area contributed by atoms with Gasteiger partial charge in [-0.15, -0.1) is 0 Å². The monoisotopic (exact) mass is 475 g/mol. The number of hydrogen-bond acceptors (Lipinski definition) is 8. The number of benzene rings is 1. The van der Waals surface area contributed by atoms with Gasteiger partial charge >= 0.3 is 0 Å². The highest BCUT2D eigenvalue weighted by Gasteiger charge is 2.26. The number of nitrogens with two attached hydrogens (primary N) is 1. The van der Waals surface area contributed by atoms with Crippen molar-refractivity contribution in [2.24, 2.45) is 21.6 Å². The molecule has 2 unspecified atom stereocenters. The minimum absolute atomic E-state index is 0.0276. The molecule has 1 amide bonds. The third-order valence-electron chi connectivity index (χ3n) is 6.84. The van der Waals surface area contributed by atoms with Gasteiger partial charge in [-0.2, -0.15) is 0 Å². The van der Waals surface area contributed by atoms with E-state index in [2.05, 4.69) is 49.5 Å². The van der Waals surface area contributed by atoms with Gasteiger partial charge in [0.25, 0.3) is 0 Å². The minimum Gasteiger partial charge on any atom is -0.368 e. The van der Waals surface area contributed by atoms with Crippen molar-refractivity contribution in [2.45, 2.75) is 58.0 Å². The summed E-state index contributed by atoms with van der Waals surface area (Å²) in [4.78, 5) is 32.5. The van der Waals surface area contributed by atoms with E-state index in [1.165, 1.54) is 11.1 Å². The lowest BCUT2D eigenvalue weighted by atomic mass is 10.1. The average molecular weight is 476 g/mol. The van der Waals surface area contributed by atoms with Gasteiger partial charge in [-0.05, 0) is 36.8 Å². The van der Waals surface area contributed by atoms with Crippen LogP contribution < -0.4 is 11.1 Å². The van der Waals surface area contributed by atoms with Crippen LogP contribution in [0.15, 0.2) is 40.4 Å². The predicted molar refractivity (Wildman–Crippen MR) is 136 cm³/mol. The number of hydrogen-bond donors (Lipinski definition) is 2. The molecule has 0 bridgehead atoms. The molecule has 0 radical (unpaired) electrons. The first-order valence-corrected chi connectivity index (χ1v) is 12.4. The van der Waals surface area contributed by atoms with Crippen LogP contribution >= 0.6 is 0 Å². The van der Waals surface area contributed by atoms with Crippen LogP contribution in [-0.2, 0) is 35.5 Å². The van der Waals surface area contributed by atoms with E-state index in [0.717, 1.165) is 42.8 Å². The van der Waals surface area contributed by atoms with E-state index in [-0.39, 0.29) is 24.8 Å². The van der Waals surface area contributed by atoms with Crippen LogP contribution in [0.1, 0.15) is 42.1 Å². The van der Waals surface area contributed by atoms with Gasteiger partial charge in [-0.1, -0.05) is 24.3 Å². The largest absolute Gasteiger partial charge is 0.368 e. The summed E-state index contributed by atoms with van der Waals surface area (Å²) in [6.45, 7) is 4.47. The third-order valence-corrected chi connectivity index (χ3v) is 6.84. The highest BCUT2D eigenvalue weighted by atomic mass is 16.5. The lowest BCUT2D eigenvalue weighted by Crippen LogP contribution is -2.31. The van der Waals surface area contributed by atoms with Crippen LogP contribution in [0.25, 0.3) is 0 Å². The van der Waals surface area contributed by atoms with Crippen LogP contribution in [0, 0.1) is 5.92 Å². The number of amides is 1. The first kappa shape index (κ1) is 23.6. The molecule has 35 heavy (non-hydrogen) atoms. The zero-order chi connectivity index (χ0) is 24.2. The van der Waals surface area contributed by atoms with Gasteiger partial charge in [-0.25, -0.2) is 9.97 Å². The molecule has 1 aromatic carbocycles. The number of aliphatic imine (C=N–C) groups is 2.